The molecular formula is C23H24Cl2N2O3. The Morgan fingerprint density at radius 3 is 2.47 bits per heavy atom. The second-order valence-corrected chi connectivity index (χ2v) is 10.2. The molecule has 0 saturated carbocycles. The van der Waals surface area contributed by atoms with Crippen LogP contribution in [0, 0.1) is 5.41 Å². The number of carbonyl (C=O) groups excluding carboxylic acids is 1. The van der Waals surface area contributed by atoms with Crippen molar-refractivity contribution in [3.8, 4) is 0 Å². The molecule has 2 aromatic rings. The van der Waals surface area contributed by atoms with E-state index in [0.29, 0.717) is 22.2 Å². The Balaban J connectivity index is 2.00. The lowest BCUT2D eigenvalue weighted by Gasteiger charge is -2.37. The van der Waals surface area contributed by atoms with Gasteiger partial charge in [0.1, 0.15) is 11.5 Å². The molecule has 1 spiro atoms. The zero-order valence-corrected chi connectivity index (χ0v) is 18.5. The lowest BCUT2D eigenvalue weighted by Crippen LogP contribution is -2.49. The number of amides is 1. The van der Waals surface area contributed by atoms with Crippen molar-refractivity contribution in [2.45, 2.75) is 50.6 Å². The van der Waals surface area contributed by atoms with Crippen LogP contribution in [0.2, 0.25) is 10.0 Å². The first kappa shape index (κ1) is 21.2. The molecule has 4 atom stereocenters. The summed E-state index contributed by atoms with van der Waals surface area (Å²) in [4.78, 5) is 26.0. The lowest BCUT2D eigenvalue weighted by molar-refractivity contribution is -0.139. The summed E-state index contributed by atoms with van der Waals surface area (Å²) in [6.07, 6.45) is 0.614. The first-order valence-corrected chi connectivity index (χ1v) is 10.7. The minimum atomic E-state index is -1.10. The summed E-state index contributed by atoms with van der Waals surface area (Å²) in [6.45, 7) is 6.25. The maximum atomic E-state index is 13.7. The van der Waals surface area contributed by atoms with Crippen LogP contribution in [-0.4, -0.2) is 29.1 Å². The van der Waals surface area contributed by atoms with Gasteiger partial charge in [0, 0.05) is 27.7 Å². The van der Waals surface area contributed by atoms with Crippen molar-refractivity contribution in [3.63, 3.8) is 0 Å². The van der Waals surface area contributed by atoms with Gasteiger partial charge in [0.05, 0.1) is 0 Å². The number of halogens is 2. The summed E-state index contributed by atoms with van der Waals surface area (Å²) in [5.74, 6) is -1.84. The van der Waals surface area contributed by atoms with Gasteiger partial charge < -0.3 is 10.4 Å². The van der Waals surface area contributed by atoms with Crippen molar-refractivity contribution < 1.29 is 14.7 Å². The zero-order valence-electron chi connectivity index (χ0n) is 17.0. The molecule has 158 valence electrons. The summed E-state index contributed by atoms with van der Waals surface area (Å²) < 4.78 is 0. The van der Waals surface area contributed by atoms with Crippen LogP contribution in [0.15, 0.2) is 42.5 Å². The van der Waals surface area contributed by atoms with Crippen molar-refractivity contribution in [2.24, 2.45) is 5.41 Å². The van der Waals surface area contributed by atoms with Gasteiger partial charge in [0.15, 0.2) is 0 Å². The molecule has 30 heavy (non-hydrogen) atoms. The highest BCUT2D eigenvalue weighted by Gasteiger charge is 2.65. The van der Waals surface area contributed by atoms with E-state index in [9.17, 15) is 14.7 Å². The van der Waals surface area contributed by atoms with Crippen LogP contribution in [0.25, 0.3) is 0 Å². The fourth-order valence-corrected chi connectivity index (χ4v) is 5.48. The number of rotatable bonds is 3. The number of fused-ring (bicyclic) bond motifs is 2. The van der Waals surface area contributed by atoms with Crippen LogP contribution in [0.5, 0.6) is 0 Å². The maximum absolute atomic E-state index is 13.7. The fraction of sp³-hybridized carbons (Fsp3) is 0.391. The van der Waals surface area contributed by atoms with Crippen molar-refractivity contribution in [1.82, 2.24) is 5.32 Å². The van der Waals surface area contributed by atoms with E-state index in [0.717, 1.165) is 11.1 Å². The number of hydrogen-bond donors (Lipinski definition) is 3. The SMILES string of the molecule is CC(C)(C)C[C@H]1N[C@@H](C(=O)O)[C@H](c2cccc(Cl)c2)[C@@]12C(=O)Nc1cc(Cl)ccc12. The van der Waals surface area contributed by atoms with Gasteiger partial charge in [-0.25, -0.2) is 0 Å². The van der Waals surface area contributed by atoms with Crippen molar-refractivity contribution in [1.29, 1.82) is 0 Å². The van der Waals surface area contributed by atoms with E-state index in [1.54, 1.807) is 30.3 Å². The van der Waals surface area contributed by atoms with Gasteiger partial charge >= 0.3 is 5.97 Å². The molecule has 5 nitrogen and oxygen atoms in total. The molecule has 0 bridgehead atoms. The predicted molar refractivity (Wildman–Crippen MR) is 118 cm³/mol. The van der Waals surface area contributed by atoms with Crippen LogP contribution in [0.1, 0.15) is 44.2 Å². The Morgan fingerprint density at radius 1 is 1.13 bits per heavy atom. The average molecular weight is 447 g/mol. The van der Waals surface area contributed by atoms with Crippen LogP contribution in [0.4, 0.5) is 5.69 Å². The molecule has 4 rings (SSSR count). The molecule has 2 aliphatic rings. The highest BCUT2D eigenvalue weighted by molar-refractivity contribution is 6.31. The molecule has 7 heteroatoms. The third-order valence-corrected chi connectivity index (χ3v) is 6.57. The van der Waals surface area contributed by atoms with E-state index >= 15 is 0 Å². The van der Waals surface area contributed by atoms with E-state index < -0.39 is 23.3 Å². The first-order chi connectivity index (χ1) is 14.0. The Morgan fingerprint density at radius 2 is 1.83 bits per heavy atom. The quantitative estimate of drug-likeness (QED) is 0.630. The first-order valence-electron chi connectivity index (χ1n) is 9.90. The molecule has 0 radical (unpaired) electrons. The Bertz CT molecular complexity index is 1030. The number of anilines is 1. The Hall–Kier alpha value is -2.08. The van der Waals surface area contributed by atoms with Crippen LogP contribution in [0.3, 0.4) is 0 Å². The van der Waals surface area contributed by atoms with E-state index in [-0.39, 0.29) is 17.4 Å². The summed E-state index contributed by atoms with van der Waals surface area (Å²) in [7, 11) is 0. The van der Waals surface area contributed by atoms with Gasteiger partial charge in [-0.15, -0.1) is 0 Å². The molecule has 1 fully saturated rings. The maximum Gasteiger partial charge on any atom is 0.321 e. The number of carboxylic acid groups (broad SMARTS) is 1. The Labute approximate surface area is 185 Å². The molecule has 1 saturated heterocycles. The number of carbonyl (C=O) groups is 2. The highest BCUT2D eigenvalue weighted by atomic mass is 35.5. The van der Waals surface area contributed by atoms with Crippen molar-refractivity contribution in [2.75, 3.05) is 5.32 Å². The largest absolute Gasteiger partial charge is 0.480 e. The van der Waals surface area contributed by atoms with Crippen LogP contribution < -0.4 is 10.6 Å². The molecule has 2 heterocycles. The Kier molecular flexibility index (Phi) is 5.12. The van der Waals surface area contributed by atoms with Crippen LogP contribution in [-0.2, 0) is 15.0 Å². The van der Waals surface area contributed by atoms with Gasteiger partial charge in [0.25, 0.3) is 0 Å². The molecule has 0 aromatic heterocycles. The van der Waals surface area contributed by atoms with Crippen molar-refractivity contribution in [3.05, 3.63) is 63.6 Å². The minimum Gasteiger partial charge on any atom is -0.480 e. The number of carboxylic acids is 1. The topological polar surface area (TPSA) is 78.4 Å². The zero-order chi connectivity index (χ0) is 21.8. The van der Waals surface area contributed by atoms with Gasteiger partial charge in [-0.1, -0.05) is 62.2 Å². The molecule has 3 N–H and O–H groups in total. The van der Waals surface area contributed by atoms with E-state index in [2.05, 4.69) is 31.4 Å². The molecular weight excluding hydrogens is 423 g/mol. The predicted octanol–water partition coefficient (Wildman–Crippen LogP) is 4.83. The molecule has 2 aliphatic heterocycles. The summed E-state index contributed by atoms with van der Waals surface area (Å²) in [5, 5.41) is 17.4. The van der Waals surface area contributed by atoms with E-state index in [1.165, 1.54) is 0 Å². The van der Waals surface area contributed by atoms with Gasteiger partial charge in [-0.3, -0.25) is 14.9 Å². The second-order valence-electron chi connectivity index (χ2n) is 9.35. The third kappa shape index (κ3) is 3.29. The van der Waals surface area contributed by atoms with Gasteiger partial charge in [-0.2, -0.15) is 0 Å². The standard InChI is InChI=1S/C23H24Cl2N2O3/c1-22(2,3)11-17-23(15-8-7-14(25)10-16(15)26-21(23)30)18(19(27-17)20(28)29)12-5-4-6-13(24)9-12/h4-10,17-19,27H,11H2,1-3H3,(H,26,30)(H,28,29)/t17-,18+,19-,23+/m1/s1. The van der Waals surface area contributed by atoms with Crippen LogP contribution >= 0.6 is 23.2 Å². The highest BCUT2D eigenvalue weighted by Crippen LogP contribution is 2.56. The summed E-state index contributed by atoms with van der Waals surface area (Å²) in [5.41, 5.74) is 0.892. The normalized spacial score (nSPS) is 27.9. The van der Waals surface area contributed by atoms with Gasteiger partial charge in [-0.05, 0) is 47.2 Å². The number of aliphatic carboxylic acids is 1. The smallest absolute Gasteiger partial charge is 0.321 e. The molecule has 1 amide bonds. The van der Waals surface area contributed by atoms with Crippen molar-refractivity contribution >= 4 is 40.8 Å². The van der Waals surface area contributed by atoms with Gasteiger partial charge in [0.2, 0.25) is 5.91 Å². The summed E-state index contributed by atoms with van der Waals surface area (Å²) >= 11 is 12.4. The monoisotopic (exact) mass is 446 g/mol. The average Bonchev–Trinajstić information content (AvgIpc) is 3.10. The third-order valence-electron chi connectivity index (χ3n) is 6.10. The number of nitrogens with one attached hydrogen (secondary N) is 2. The minimum absolute atomic E-state index is 0.133. The lowest BCUT2D eigenvalue weighted by atomic mass is 9.62. The number of benzene rings is 2. The second kappa shape index (κ2) is 7.26. The van der Waals surface area contributed by atoms with E-state index in [4.69, 9.17) is 23.2 Å². The fourth-order valence-electron chi connectivity index (χ4n) is 5.11. The molecule has 0 aliphatic carbocycles. The van der Waals surface area contributed by atoms with E-state index in [1.807, 2.05) is 12.1 Å². The molecule has 0 unspecified atom stereocenters. The number of hydrogen-bond acceptors (Lipinski definition) is 3. The molecule has 2 aromatic carbocycles. The summed E-state index contributed by atoms with van der Waals surface area (Å²) in [6, 6.07) is 11.1.